The first-order valence-electron chi connectivity index (χ1n) is 5.45. The molecule has 0 unspecified atom stereocenters. The highest BCUT2D eigenvalue weighted by Gasteiger charge is 2.15. The predicted octanol–water partition coefficient (Wildman–Crippen LogP) is 2.38. The number of ether oxygens (including phenoxy) is 1. The Bertz CT molecular complexity index is 593. The van der Waals surface area contributed by atoms with Crippen molar-refractivity contribution in [1.82, 2.24) is 4.40 Å². The first-order chi connectivity index (χ1) is 8.27. The third kappa shape index (κ3) is 2.00. The highest BCUT2D eigenvalue weighted by atomic mass is 16.5. The first-order valence-corrected chi connectivity index (χ1v) is 5.45. The van der Waals surface area contributed by atoms with Gasteiger partial charge < -0.3 is 9.14 Å². The van der Waals surface area contributed by atoms with Gasteiger partial charge in [-0.15, -0.1) is 0 Å². The molecule has 2 heterocycles. The molecule has 0 saturated heterocycles. The van der Waals surface area contributed by atoms with E-state index in [0.29, 0.717) is 17.9 Å². The van der Waals surface area contributed by atoms with Crippen LogP contribution in [-0.2, 0) is 4.74 Å². The van der Waals surface area contributed by atoms with E-state index in [1.165, 1.54) is 0 Å². The van der Waals surface area contributed by atoms with Gasteiger partial charge in [-0.05, 0) is 24.6 Å². The number of nitrogens with zero attached hydrogens (tertiary/aromatic N) is 2. The summed E-state index contributed by atoms with van der Waals surface area (Å²) in [7, 11) is 0. The molecule has 0 aliphatic rings. The standard InChI is InChI=1S/C13H12N2O2/c1-2-7-17-13(16)12-8-10(9-14)11-5-3-4-6-15(11)12/h3-6,8H,2,7H2,1H3. The predicted molar refractivity (Wildman–Crippen MR) is 62.7 cm³/mol. The van der Waals surface area contributed by atoms with Crippen molar-refractivity contribution >= 4 is 11.5 Å². The molecule has 0 saturated carbocycles. The van der Waals surface area contributed by atoms with E-state index in [0.717, 1.165) is 11.9 Å². The quantitative estimate of drug-likeness (QED) is 0.758. The number of nitriles is 1. The van der Waals surface area contributed by atoms with Gasteiger partial charge in [0.2, 0.25) is 0 Å². The minimum absolute atomic E-state index is 0.390. The summed E-state index contributed by atoms with van der Waals surface area (Å²) >= 11 is 0. The van der Waals surface area contributed by atoms with Gasteiger partial charge in [-0.25, -0.2) is 4.79 Å². The van der Waals surface area contributed by atoms with Crippen LogP contribution in [0.15, 0.2) is 30.5 Å². The number of rotatable bonds is 3. The number of esters is 1. The molecule has 86 valence electrons. The van der Waals surface area contributed by atoms with Gasteiger partial charge >= 0.3 is 5.97 Å². The van der Waals surface area contributed by atoms with Crippen molar-refractivity contribution in [3.63, 3.8) is 0 Å². The number of carbonyl (C=O) groups excluding carboxylic acids is 1. The molecule has 0 atom stereocenters. The lowest BCUT2D eigenvalue weighted by atomic mass is 10.3. The molecular weight excluding hydrogens is 216 g/mol. The SMILES string of the molecule is CCCOC(=O)c1cc(C#N)c2ccccn12. The molecular formula is C13H12N2O2. The van der Waals surface area contributed by atoms with Gasteiger partial charge in [-0.3, -0.25) is 0 Å². The molecule has 0 aliphatic heterocycles. The van der Waals surface area contributed by atoms with Crippen molar-refractivity contribution < 1.29 is 9.53 Å². The molecule has 0 aliphatic carbocycles. The Morgan fingerprint density at radius 3 is 3.06 bits per heavy atom. The average Bonchev–Trinajstić information content (AvgIpc) is 2.75. The third-order valence-corrected chi connectivity index (χ3v) is 2.44. The Hall–Kier alpha value is -2.28. The molecule has 0 fully saturated rings. The molecule has 0 radical (unpaired) electrons. The summed E-state index contributed by atoms with van der Waals surface area (Å²) in [5.41, 5.74) is 1.60. The Labute approximate surface area is 99.0 Å². The van der Waals surface area contributed by atoms with Gasteiger partial charge in [-0.2, -0.15) is 5.26 Å². The van der Waals surface area contributed by atoms with Crippen molar-refractivity contribution in [2.45, 2.75) is 13.3 Å². The fraction of sp³-hybridized carbons (Fsp3) is 0.231. The molecule has 0 N–H and O–H groups in total. The smallest absolute Gasteiger partial charge is 0.355 e. The van der Waals surface area contributed by atoms with Crippen molar-refractivity contribution in [2.24, 2.45) is 0 Å². The Kier molecular flexibility index (Phi) is 3.10. The van der Waals surface area contributed by atoms with Gasteiger partial charge in [0.15, 0.2) is 0 Å². The van der Waals surface area contributed by atoms with Crippen molar-refractivity contribution in [1.29, 1.82) is 5.26 Å². The van der Waals surface area contributed by atoms with Crippen molar-refractivity contribution in [3.05, 3.63) is 41.7 Å². The normalized spacial score (nSPS) is 10.1. The molecule has 4 nitrogen and oxygen atoms in total. The zero-order valence-electron chi connectivity index (χ0n) is 9.51. The highest BCUT2D eigenvalue weighted by Crippen LogP contribution is 2.16. The summed E-state index contributed by atoms with van der Waals surface area (Å²) in [5.74, 6) is -0.394. The molecule has 4 heteroatoms. The van der Waals surface area contributed by atoms with Crippen LogP contribution in [-0.4, -0.2) is 17.0 Å². The van der Waals surface area contributed by atoms with E-state index in [-0.39, 0.29) is 0 Å². The summed E-state index contributed by atoms with van der Waals surface area (Å²) in [4.78, 5) is 11.8. The van der Waals surface area contributed by atoms with Crippen LogP contribution in [0.25, 0.3) is 5.52 Å². The fourth-order valence-corrected chi connectivity index (χ4v) is 1.67. The Morgan fingerprint density at radius 1 is 1.53 bits per heavy atom. The second-order valence-corrected chi connectivity index (χ2v) is 3.65. The first kappa shape index (κ1) is 11.2. The lowest BCUT2D eigenvalue weighted by Gasteiger charge is -2.03. The summed E-state index contributed by atoms with van der Waals surface area (Å²) < 4.78 is 6.75. The van der Waals surface area contributed by atoms with E-state index >= 15 is 0 Å². The number of aromatic nitrogens is 1. The van der Waals surface area contributed by atoms with E-state index in [1.54, 1.807) is 22.7 Å². The third-order valence-electron chi connectivity index (χ3n) is 2.44. The van der Waals surface area contributed by atoms with Crippen molar-refractivity contribution in [2.75, 3.05) is 6.61 Å². The molecule has 17 heavy (non-hydrogen) atoms. The van der Waals surface area contributed by atoms with Crippen LogP contribution in [0.4, 0.5) is 0 Å². The monoisotopic (exact) mass is 228 g/mol. The molecule has 0 aromatic carbocycles. The lowest BCUT2D eigenvalue weighted by Crippen LogP contribution is -2.08. The van der Waals surface area contributed by atoms with Crippen LogP contribution < -0.4 is 0 Å². The van der Waals surface area contributed by atoms with Crippen LogP contribution >= 0.6 is 0 Å². The van der Waals surface area contributed by atoms with Gasteiger partial charge in [0, 0.05) is 6.20 Å². The number of fused-ring (bicyclic) bond motifs is 1. The van der Waals surface area contributed by atoms with E-state index in [1.807, 2.05) is 19.1 Å². The second kappa shape index (κ2) is 4.71. The molecule has 2 aromatic heterocycles. The van der Waals surface area contributed by atoms with Crippen LogP contribution in [0.2, 0.25) is 0 Å². The average molecular weight is 228 g/mol. The van der Waals surface area contributed by atoms with E-state index in [2.05, 4.69) is 6.07 Å². The van der Waals surface area contributed by atoms with E-state index in [4.69, 9.17) is 10.00 Å². The summed E-state index contributed by atoms with van der Waals surface area (Å²) in [5, 5.41) is 8.99. The Morgan fingerprint density at radius 2 is 2.35 bits per heavy atom. The maximum absolute atomic E-state index is 11.8. The molecule has 0 amide bonds. The minimum Gasteiger partial charge on any atom is -0.461 e. The number of hydrogen-bond acceptors (Lipinski definition) is 3. The summed E-state index contributed by atoms with van der Waals surface area (Å²) in [6, 6.07) is 9.08. The Balaban J connectivity index is 2.48. The molecule has 2 rings (SSSR count). The fourth-order valence-electron chi connectivity index (χ4n) is 1.67. The van der Waals surface area contributed by atoms with E-state index in [9.17, 15) is 4.79 Å². The molecule has 2 aromatic rings. The van der Waals surface area contributed by atoms with Crippen LogP contribution in [0, 0.1) is 11.3 Å². The van der Waals surface area contributed by atoms with Crippen molar-refractivity contribution in [3.8, 4) is 6.07 Å². The van der Waals surface area contributed by atoms with Crippen LogP contribution in [0.1, 0.15) is 29.4 Å². The minimum atomic E-state index is -0.394. The number of pyridine rings is 1. The number of hydrogen-bond donors (Lipinski definition) is 0. The van der Waals surface area contributed by atoms with E-state index < -0.39 is 5.97 Å². The van der Waals surface area contributed by atoms with Gasteiger partial charge in [0.05, 0.1) is 17.7 Å². The van der Waals surface area contributed by atoms with Crippen LogP contribution in [0.5, 0.6) is 0 Å². The zero-order chi connectivity index (χ0) is 12.3. The van der Waals surface area contributed by atoms with Gasteiger partial charge in [-0.1, -0.05) is 13.0 Å². The summed E-state index contributed by atoms with van der Waals surface area (Å²) in [6.07, 6.45) is 2.53. The second-order valence-electron chi connectivity index (χ2n) is 3.65. The topological polar surface area (TPSA) is 54.5 Å². The van der Waals surface area contributed by atoms with Crippen LogP contribution in [0.3, 0.4) is 0 Å². The zero-order valence-corrected chi connectivity index (χ0v) is 9.51. The summed E-state index contributed by atoms with van der Waals surface area (Å²) in [6.45, 7) is 2.32. The largest absolute Gasteiger partial charge is 0.461 e. The maximum Gasteiger partial charge on any atom is 0.355 e. The maximum atomic E-state index is 11.8. The molecule has 0 spiro atoms. The lowest BCUT2D eigenvalue weighted by molar-refractivity contribution is 0.0497. The van der Waals surface area contributed by atoms with Gasteiger partial charge in [0.25, 0.3) is 0 Å². The number of carbonyl (C=O) groups is 1. The molecule has 0 bridgehead atoms. The highest BCUT2D eigenvalue weighted by molar-refractivity contribution is 5.90. The van der Waals surface area contributed by atoms with Gasteiger partial charge in [0.1, 0.15) is 11.8 Å².